The molecule has 0 atom stereocenters. The number of ether oxygens (including phenoxy) is 2. The van der Waals surface area contributed by atoms with Crippen LogP contribution in [0.3, 0.4) is 0 Å². The summed E-state index contributed by atoms with van der Waals surface area (Å²) in [7, 11) is 1.45. The van der Waals surface area contributed by atoms with E-state index in [1.54, 1.807) is 25.1 Å². The Morgan fingerprint density at radius 3 is 2.86 bits per heavy atom. The maximum Gasteiger partial charge on any atom is 0.414 e. The Hall–Kier alpha value is -4.12. The number of hydrogen-bond donors (Lipinski definition) is 3. The molecule has 36 heavy (non-hydrogen) atoms. The fraction of sp³-hybridized carbons (Fsp3) is 0.250. The van der Waals surface area contributed by atoms with Gasteiger partial charge in [0.2, 0.25) is 5.95 Å². The van der Waals surface area contributed by atoms with E-state index in [0.29, 0.717) is 36.7 Å². The summed E-state index contributed by atoms with van der Waals surface area (Å²) in [5.41, 5.74) is 1.21. The minimum absolute atomic E-state index is 0.0686. The molecule has 1 aliphatic rings. The molecule has 2 heterocycles. The third-order valence-corrected chi connectivity index (χ3v) is 5.53. The van der Waals surface area contributed by atoms with Crippen molar-refractivity contribution >= 4 is 52.4 Å². The van der Waals surface area contributed by atoms with E-state index in [4.69, 9.17) is 21.1 Å². The number of rotatable bonds is 6. The van der Waals surface area contributed by atoms with E-state index in [1.807, 2.05) is 0 Å². The minimum Gasteiger partial charge on any atom is -0.491 e. The van der Waals surface area contributed by atoms with Crippen molar-refractivity contribution in [2.75, 3.05) is 42.3 Å². The average molecular weight is 515 g/mol. The van der Waals surface area contributed by atoms with Gasteiger partial charge >= 0.3 is 6.09 Å². The van der Waals surface area contributed by atoms with Gasteiger partial charge in [-0.25, -0.2) is 14.2 Å². The smallest absolute Gasteiger partial charge is 0.414 e. The van der Waals surface area contributed by atoms with Gasteiger partial charge in [0, 0.05) is 25.3 Å². The highest BCUT2D eigenvalue weighted by Gasteiger charge is 2.24. The first-order valence-electron chi connectivity index (χ1n) is 11.2. The zero-order chi connectivity index (χ0) is 25.7. The molecule has 3 aromatic rings. The van der Waals surface area contributed by atoms with Gasteiger partial charge in [-0.1, -0.05) is 17.7 Å². The summed E-state index contributed by atoms with van der Waals surface area (Å²) >= 11 is 6.24. The molecule has 2 amide bonds. The van der Waals surface area contributed by atoms with Crippen molar-refractivity contribution in [1.82, 2.24) is 15.3 Å². The Kier molecular flexibility index (Phi) is 7.69. The number of carbonyl (C=O) groups excluding carboxylic acids is 2. The Bertz CT molecular complexity index is 1290. The number of carbonyl (C=O) groups is 2. The van der Waals surface area contributed by atoms with Crippen molar-refractivity contribution in [3.05, 3.63) is 59.0 Å². The highest BCUT2D eigenvalue weighted by Crippen LogP contribution is 2.35. The van der Waals surface area contributed by atoms with Crippen molar-refractivity contribution < 1.29 is 23.5 Å². The number of nitrogens with zero attached hydrogens (tertiary/aromatic N) is 3. The lowest BCUT2D eigenvalue weighted by Crippen LogP contribution is -2.32. The summed E-state index contributed by atoms with van der Waals surface area (Å²) in [6.07, 6.45) is 1.56. The predicted octanol–water partition coefficient (Wildman–Crippen LogP) is 4.86. The molecular formula is C24H24ClFN6O4. The highest BCUT2D eigenvalue weighted by molar-refractivity contribution is 6.33. The summed E-state index contributed by atoms with van der Waals surface area (Å²) in [4.78, 5) is 34.6. The average Bonchev–Trinajstić information content (AvgIpc) is 3.09. The van der Waals surface area contributed by atoms with Crippen LogP contribution in [0.25, 0.3) is 0 Å². The summed E-state index contributed by atoms with van der Waals surface area (Å²) in [5.74, 6) is -0.351. The normalized spacial score (nSPS) is 12.6. The van der Waals surface area contributed by atoms with Crippen LogP contribution in [0.15, 0.2) is 42.6 Å². The molecule has 1 aliphatic heterocycles. The number of para-hydroxylation sites is 1. The summed E-state index contributed by atoms with van der Waals surface area (Å²) < 4.78 is 25.5. The fourth-order valence-electron chi connectivity index (χ4n) is 3.58. The Balaban J connectivity index is 1.60. The molecule has 0 unspecified atom stereocenters. The standard InChI is InChI=1S/C24H24ClFN6O4/c1-3-35-24(34)32-10-5-11-36-19-12-14(8-9-18(19)32)29-23-28-13-16(25)21(31-23)30-20-15(22(33)27-2)6-4-7-17(20)26/h4,6-9,12-13H,3,5,10-11H2,1-2H3,(H,27,33)(H2,28,29,30,31). The second-order valence-electron chi connectivity index (χ2n) is 7.62. The maximum absolute atomic E-state index is 14.5. The molecule has 0 fully saturated rings. The van der Waals surface area contributed by atoms with E-state index < -0.39 is 17.8 Å². The van der Waals surface area contributed by atoms with Gasteiger partial charge in [0.05, 0.1) is 36.3 Å². The topological polar surface area (TPSA) is 118 Å². The number of benzene rings is 2. The largest absolute Gasteiger partial charge is 0.491 e. The number of amides is 2. The second kappa shape index (κ2) is 11.1. The lowest BCUT2D eigenvalue weighted by atomic mass is 10.1. The highest BCUT2D eigenvalue weighted by atomic mass is 35.5. The number of hydrogen-bond acceptors (Lipinski definition) is 8. The molecule has 12 heteroatoms. The monoisotopic (exact) mass is 514 g/mol. The summed E-state index contributed by atoms with van der Waals surface area (Å²) in [6, 6.07) is 9.34. The van der Waals surface area contributed by atoms with E-state index in [0.717, 1.165) is 0 Å². The van der Waals surface area contributed by atoms with E-state index >= 15 is 0 Å². The van der Waals surface area contributed by atoms with E-state index in [1.165, 1.54) is 36.3 Å². The third kappa shape index (κ3) is 5.41. The van der Waals surface area contributed by atoms with Crippen LogP contribution in [-0.4, -0.2) is 48.8 Å². The SMILES string of the molecule is CCOC(=O)N1CCCOc2cc(Nc3ncc(Cl)c(Nc4c(F)cccc4C(=O)NC)n3)ccc21. The van der Waals surface area contributed by atoms with E-state index in [2.05, 4.69) is 25.9 Å². The zero-order valence-electron chi connectivity index (χ0n) is 19.6. The predicted molar refractivity (Wildman–Crippen MR) is 134 cm³/mol. The van der Waals surface area contributed by atoms with Crippen molar-refractivity contribution in [2.45, 2.75) is 13.3 Å². The van der Waals surface area contributed by atoms with Gasteiger partial charge in [0.1, 0.15) is 16.6 Å². The van der Waals surface area contributed by atoms with E-state index in [-0.39, 0.29) is 34.6 Å². The van der Waals surface area contributed by atoms with Crippen LogP contribution in [0, 0.1) is 5.82 Å². The molecule has 0 bridgehead atoms. The second-order valence-corrected chi connectivity index (χ2v) is 8.02. The molecule has 0 spiro atoms. The van der Waals surface area contributed by atoms with Crippen LogP contribution in [0.2, 0.25) is 5.02 Å². The zero-order valence-corrected chi connectivity index (χ0v) is 20.4. The van der Waals surface area contributed by atoms with E-state index in [9.17, 15) is 14.0 Å². The first-order chi connectivity index (χ1) is 17.4. The molecule has 3 N–H and O–H groups in total. The summed E-state index contributed by atoms with van der Waals surface area (Å²) in [6.45, 7) is 2.93. The van der Waals surface area contributed by atoms with Gasteiger partial charge in [-0.2, -0.15) is 4.98 Å². The molecule has 1 aromatic heterocycles. The Morgan fingerprint density at radius 1 is 1.25 bits per heavy atom. The number of nitrogens with one attached hydrogen (secondary N) is 3. The first-order valence-corrected chi connectivity index (χ1v) is 11.6. The molecule has 0 aliphatic carbocycles. The quantitative estimate of drug-likeness (QED) is 0.427. The number of fused-ring (bicyclic) bond motifs is 1. The van der Waals surface area contributed by atoms with Gasteiger partial charge in [0.15, 0.2) is 5.82 Å². The number of aromatic nitrogens is 2. The van der Waals surface area contributed by atoms with Gasteiger partial charge in [-0.05, 0) is 37.6 Å². The van der Waals surface area contributed by atoms with Gasteiger partial charge < -0.3 is 25.4 Å². The molecule has 0 radical (unpaired) electrons. The van der Waals surface area contributed by atoms with Gasteiger partial charge in [-0.3, -0.25) is 9.69 Å². The van der Waals surface area contributed by atoms with Gasteiger partial charge in [0.25, 0.3) is 5.91 Å². The van der Waals surface area contributed by atoms with Crippen molar-refractivity contribution in [2.24, 2.45) is 0 Å². The summed E-state index contributed by atoms with van der Waals surface area (Å²) in [5, 5.41) is 8.45. The molecule has 188 valence electrons. The van der Waals surface area contributed by atoms with Crippen LogP contribution in [0.1, 0.15) is 23.7 Å². The van der Waals surface area contributed by atoms with Gasteiger partial charge in [-0.15, -0.1) is 0 Å². The number of anilines is 5. The molecule has 2 aromatic carbocycles. The lowest BCUT2D eigenvalue weighted by Gasteiger charge is -2.21. The maximum atomic E-state index is 14.5. The molecule has 10 nitrogen and oxygen atoms in total. The van der Waals surface area contributed by atoms with Crippen LogP contribution in [0.4, 0.5) is 38.0 Å². The molecule has 4 rings (SSSR count). The van der Waals surface area contributed by atoms with Crippen LogP contribution < -0.4 is 25.6 Å². The minimum atomic E-state index is -0.644. The Labute approximate surface area is 211 Å². The van der Waals surface area contributed by atoms with Crippen molar-refractivity contribution in [3.8, 4) is 5.75 Å². The molecular weight excluding hydrogens is 491 g/mol. The lowest BCUT2D eigenvalue weighted by molar-refractivity contribution is 0.0963. The molecule has 0 saturated heterocycles. The third-order valence-electron chi connectivity index (χ3n) is 5.25. The van der Waals surface area contributed by atoms with Crippen molar-refractivity contribution in [1.29, 1.82) is 0 Å². The first kappa shape index (κ1) is 25.0. The molecule has 0 saturated carbocycles. The Morgan fingerprint density at radius 2 is 2.08 bits per heavy atom. The van der Waals surface area contributed by atoms with Crippen molar-refractivity contribution in [3.63, 3.8) is 0 Å². The number of halogens is 2. The van der Waals surface area contributed by atoms with Crippen LogP contribution in [0.5, 0.6) is 5.75 Å². The fourth-order valence-corrected chi connectivity index (χ4v) is 3.72. The van der Waals surface area contributed by atoms with Crippen LogP contribution in [-0.2, 0) is 4.74 Å². The van der Waals surface area contributed by atoms with Crippen LogP contribution >= 0.6 is 11.6 Å².